The quantitative estimate of drug-likeness (QED) is 0.465. The van der Waals surface area contributed by atoms with Crippen molar-refractivity contribution in [3.8, 4) is 5.75 Å². The van der Waals surface area contributed by atoms with Crippen LogP contribution >= 0.6 is 34.7 Å². The lowest BCUT2D eigenvalue weighted by Gasteiger charge is -2.04. The fourth-order valence-corrected chi connectivity index (χ4v) is 3.50. The smallest absolute Gasteiger partial charge is 0.206 e. The van der Waals surface area contributed by atoms with Gasteiger partial charge in [-0.15, -0.1) is 10.2 Å². The van der Waals surface area contributed by atoms with E-state index in [0.717, 1.165) is 26.7 Å². The Bertz CT molecular complexity index is 717. The molecule has 3 rings (SSSR count). The van der Waals surface area contributed by atoms with E-state index < -0.39 is 0 Å². The molecule has 0 radical (unpaired) electrons. The van der Waals surface area contributed by atoms with E-state index in [1.165, 1.54) is 11.3 Å². The molecule has 2 aromatic heterocycles. The molecule has 8 heteroatoms. The van der Waals surface area contributed by atoms with E-state index in [1.54, 1.807) is 18.0 Å². The molecule has 0 saturated heterocycles. The average Bonchev–Trinajstić information content (AvgIpc) is 3.23. The summed E-state index contributed by atoms with van der Waals surface area (Å²) in [6.07, 6.45) is 1.65. The van der Waals surface area contributed by atoms with Crippen LogP contribution in [-0.2, 0) is 6.54 Å². The van der Waals surface area contributed by atoms with Gasteiger partial charge in [0.2, 0.25) is 5.13 Å². The number of thioether (sulfide) groups is 1. The van der Waals surface area contributed by atoms with E-state index in [9.17, 15) is 0 Å². The highest BCUT2D eigenvalue weighted by atomic mass is 35.5. The summed E-state index contributed by atoms with van der Waals surface area (Å²) in [5, 5.41) is 12.9. The Morgan fingerprint density at radius 2 is 2.09 bits per heavy atom. The third-order valence-electron chi connectivity index (χ3n) is 2.79. The standard InChI is InChI=1S/C15H14ClN3O2S2/c16-11-3-5-12(6-4-11)21-8-9-22-15-19-18-14(23-15)17-10-13-2-1-7-20-13/h1-7H,8-10H2,(H,17,18). The first-order chi connectivity index (χ1) is 11.3. The SMILES string of the molecule is Clc1ccc(OCCSc2nnc(NCc3ccco3)s2)cc1. The minimum absolute atomic E-state index is 0.598. The third-order valence-corrected chi connectivity index (χ3v) is 5.02. The Kier molecular flexibility index (Phi) is 5.79. The number of nitrogens with one attached hydrogen (secondary N) is 1. The van der Waals surface area contributed by atoms with Gasteiger partial charge in [-0.25, -0.2) is 0 Å². The minimum Gasteiger partial charge on any atom is -0.493 e. The zero-order chi connectivity index (χ0) is 15.9. The van der Waals surface area contributed by atoms with Crippen molar-refractivity contribution in [3.05, 3.63) is 53.4 Å². The fourth-order valence-electron chi connectivity index (χ4n) is 1.73. The molecule has 0 atom stereocenters. The largest absolute Gasteiger partial charge is 0.493 e. The summed E-state index contributed by atoms with van der Waals surface area (Å²) >= 11 is 8.96. The number of aromatic nitrogens is 2. The molecule has 0 aliphatic heterocycles. The van der Waals surface area contributed by atoms with Gasteiger partial charge in [-0.05, 0) is 36.4 Å². The second-order valence-corrected chi connectivity index (χ2v) is 7.21. The van der Waals surface area contributed by atoms with Crippen molar-refractivity contribution in [1.82, 2.24) is 10.2 Å². The topological polar surface area (TPSA) is 60.2 Å². The second-order valence-electron chi connectivity index (χ2n) is 4.46. The van der Waals surface area contributed by atoms with Crippen LogP contribution in [0, 0.1) is 0 Å². The number of furan rings is 1. The van der Waals surface area contributed by atoms with Gasteiger partial charge >= 0.3 is 0 Å². The molecule has 2 heterocycles. The highest BCUT2D eigenvalue weighted by Gasteiger charge is 2.05. The van der Waals surface area contributed by atoms with Crippen LogP contribution in [0.15, 0.2) is 51.4 Å². The Balaban J connectivity index is 1.38. The number of hydrogen-bond donors (Lipinski definition) is 1. The van der Waals surface area contributed by atoms with Gasteiger partial charge < -0.3 is 14.5 Å². The van der Waals surface area contributed by atoms with E-state index in [4.69, 9.17) is 20.8 Å². The van der Waals surface area contributed by atoms with Crippen molar-refractivity contribution >= 4 is 39.8 Å². The lowest BCUT2D eigenvalue weighted by atomic mass is 10.3. The highest BCUT2D eigenvalue weighted by Crippen LogP contribution is 2.26. The first-order valence-electron chi connectivity index (χ1n) is 6.90. The maximum atomic E-state index is 5.83. The molecule has 5 nitrogen and oxygen atoms in total. The van der Waals surface area contributed by atoms with Gasteiger partial charge in [-0.3, -0.25) is 0 Å². The molecule has 0 amide bonds. The maximum Gasteiger partial charge on any atom is 0.206 e. The summed E-state index contributed by atoms with van der Waals surface area (Å²) in [5.41, 5.74) is 0. The van der Waals surface area contributed by atoms with Gasteiger partial charge in [0.15, 0.2) is 4.34 Å². The first-order valence-corrected chi connectivity index (χ1v) is 9.08. The van der Waals surface area contributed by atoms with Crippen molar-refractivity contribution in [1.29, 1.82) is 0 Å². The van der Waals surface area contributed by atoms with E-state index >= 15 is 0 Å². The van der Waals surface area contributed by atoms with Crippen molar-refractivity contribution in [2.75, 3.05) is 17.7 Å². The van der Waals surface area contributed by atoms with Crippen LogP contribution in [0.25, 0.3) is 0 Å². The average molecular weight is 368 g/mol. The zero-order valence-corrected chi connectivity index (χ0v) is 14.5. The number of ether oxygens (including phenoxy) is 1. The summed E-state index contributed by atoms with van der Waals surface area (Å²) in [5.74, 6) is 2.48. The molecule has 0 unspecified atom stereocenters. The van der Waals surface area contributed by atoms with Crippen LogP contribution in [0.1, 0.15) is 5.76 Å². The van der Waals surface area contributed by atoms with Crippen LogP contribution in [0.4, 0.5) is 5.13 Å². The van der Waals surface area contributed by atoms with Crippen LogP contribution in [-0.4, -0.2) is 22.6 Å². The molecule has 0 aliphatic carbocycles. The third kappa shape index (κ3) is 5.16. The summed E-state index contributed by atoms with van der Waals surface area (Å²) in [4.78, 5) is 0. The molecule has 0 aliphatic rings. The van der Waals surface area contributed by atoms with Gasteiger partial charge in [0.25, 0.3) is 0 Å². The predicted octanol–water partition coefficient (Wildman–Crippen LogP) is 4.57. The molecule has 0 bridgehead atoms. The van der Waals surface area contributed by atoms with Gasteiger partial charge in [0.1, 0.15) is 11.5 Å². The van der Waals surface area contributed by atoms with Crippen molar-refractivity contribution in [2.24, 2.45) is 0 Å². The van der Waals surface area contributed by atoms with Crippen molar-refractivity contribution in [2.45, 2.75) is 10.9 Å². The maximum absolute atomic E-state index is 5.83. The lowest BCUT2D eigenvalue weighted by Crippen LogP contribution is -1.99. The van der Waals surface area contributed by atoms with Gasteiger partial charge in [-0.2, -0.15) is 0 Å². The number of benzene rings is 1. The molecule has 0 saturated carbocycles. The second kappa shape index (κ2) is 8.24. The van der Waals surface area contributed by atoms with Crippen molar-refractivity contribution < 1.29 is 9.15 Å². The summed E-state index contributed by atoms with van der Waals surface area (Å²) in [6.45, 7) is 1.20. The molecular weight excluding hydrogens is 354 g/mol. The lowest BCUT2D eigenvalue weighted by molar-refractivity contribution is 0.344. The molecule has 1 N–H and O–H groups in total. The molecular formula is C15H14ClN3O2S2. The Morgan fingerprint density at radius 3 is 2.87 bits per heavy atom. The van der Waals surface area contributed by atoms with Crippen molar-refractivity contribution in [3.63, 3.8) is 0 Å². The highest BCUT2D eigenvalue weighted by molar-refractivity contribution is 8.01. The fraction of sp³-hybridized carbons (Fsp3) is 0.200. The molecule has 23 heavy (non-hydrogen) atoms. The number of hydrogen-bond acceptors (Lipinski definition) is 7. The minimum atomic E-state index is 0.598. The first kappa shape index (κ1) is 16.2. The number of rotatable bonds is 8. The van der Waals surface area contributed by atoms with Crippen LogP contribution in [0.2, 0.25) is 5.02 Å². The van der Waals surface area contributed by atoms with E-state index in [-0.39, 0.29) is 0 Å². The summed E-state index contributed by atoms with van der Waals surface area (Å²) in [7, 11) is 0. The molecule has 1 aromatic carbocycles. The van der Waals surface area contributed by atoms with Gasteiger partial charge in [0, 0.05) is 10.8 Å². The molecule has 0 fully saturated rings. The zero-order valence-electron chi connectivity index (χ0n) is 12.1. The Hall–Kier alpha value is -1.70. The molecule has 120 valence electrons. The van der Waals surface area contributed by atoms with Gasteiger partial charge in [0.05, 0.1) is 19.4 Å². The Labute approximate surface area is 147 Å². The summed E-state index contributed by atoms with van der Waals surface area (Å²) in [6, 6.07) is 11.1. The molecule has 3 aromatic rings. The van der Waals surface area contributed by atoms with Gasteiger partial charge in [-0.1, -0.05) is 34.7 Å². The van der Waals surface area contributed by atoms with E-state index in [0.29, 0.717) is 18.2 Å². The van der Waals surface area contributed by atoms with Crippen LogP contribution in [0.3, 0.4) is 0 Å². The van der Waals surface area contributed by atoms with Crippen LogP contribution in [0.5, 0.6) is 5.75 Å². The predicted molar refractivity (Wildman–Crippen MR) is 93.6 cm³/mol. The summed E-state index contributed by atoms with van der Waals surface area (Å²) < 4.78 is 11.8. The number of halogens is 1. The number of nitrogens with zero attached hydrogens (tertiary/aromatic N) is 2. The number of anilines is 1. The monoisotopic (exact) mass is 367 g/mol. The van der Waals surface area contributed by atoms with E-state index in [1.807, 2.05) is 36.4 Å². The normalized spacial score (nSPS) is 10.7. The molecule has 0 spiro atoms. The van der Waals surface area contributed by atoms with Crippen LogP contribution < -0.4 is 10.1 Å². The Morgan fingerprint density at radius 1 is 1.22 bits per heavy atom. The van der Waals surface area contributed by atoms with E-state index in [2.05, 4.69) is 15.5 Å².